The SMILES string of the molecule is COc1ccc(C(C(=O)O)N(C(C)=O)C(C)C)cc1Br. The zero-order chi connectivity index (χ0) is 15.4. The summed E-state index contributed by atoms with van der Waals surface area (Å²) in [5.74, 6) is -0.734. The number of amides is 1. The van der Waals surface area contributed by atoms with E-state index >= 15 is 0 Å². The topological polar surface area (TPSA) is 66.8 Å². The zero-order valence-electron chi connectivity index (χ0n) is 11.9. The number of aliphatic carboxylic acids is 1. The lowest BCUT2D eigenvalue weighted by atomic mass is 10.0. The molecule has 0 saturated carbocycles. The molecule has 0 spiro atoms. The van der Waals surface area contributed by atoms with Crippen LogP contribution in [0.5, 0.6) is 5.75 Å². The maximum atomic E-state index is 11.7. The normalized spacial score (nSPS) is 12.1. The smallest absolute Gasteiger partial charge is 0.331 e. The molecule has 1 aromatic rings. The fourth-order valence-electron chi connectivity index (χ4n) is 2.12. The standard InChI is InChI=1S/C14H18BrNO4/c1-8(2)16(9(3)17)13(14(18)19)10-5-6-12(20-4)11(15)7-10/h5-8,13H,1-4H3,(H,18,19). The number of ether oxygens (including phenoxy) is 1. The number of hydrogen-bond donors (Lipinski definition) is 1. The lowest BCUT2D eigenvalue weighted by Gasteiger charge is -2.32. The Balaban J connectivity index is 3.30. The van der Waals surface area contributed by atoms with Gasteiger partial charge in [-0.25, -0.2) is 4.79 Å². The van der Waals surface area contributed by atoms with Gasteiger partial charge in [-0.1, -0.05) is 6.07 Å². The Morgan fingerprint density at radius 2 is 1.95 bits per heavy atom. The quantitative estimate of drug-likeness (QED) is 0.892. The van der Waals surface area contributed by atoms with Crippen LogP contribution < -0.4 is 4.74 Å². The van der Waals surface area contributed by atoms with Gasteiger partial charge in [-0.05, 0) is 47.5 Å². The van der Waals surface area contributed by atoms with E-state index in [1.165, 1.54) is 18.9 Å². The van der Waals surface area contributed by atoms with Crippen LogP contribution in [0.1, 0.15) is 32.4 Å². The van der Waals surface area contributed by atoms with E-state index in [1.807, 2.05) is 0 Å². The first-order valence-corrected chi connectivity index (χ1v) is 6.94. The van der Waals surface area contributed by atoms with Crippen molar-refractivity contribution < 1.29 is 19.4 Å². The number of rotatable bonds is 5. The number of methoxy groups -OCH3 is 1. The highest BCUT2D eigenvalue weighted by Crippen LogP contribution is 2.31. The molecule has 1 N–H and O–H groups in total. The Bertz CT molecular complexity index is 516. The van der Waals surface area contributed by atoms with E-state index in [0.29, 0.717) is 15.8 Å². The van der Waals surface area contributed by atoms with Gasteiger partial charge in [-0.2, -0.15) is 0 Å². The molecule has 1 atom stereocenters. The largest absolute Gasteiger partial charge is 0.496 e. The minimum atomic E-state index is -1.06. The highest BCUT2D eigenvalue weighted by atomic mass is 79.9. The Kier molecular flexibility index (Phi) is 5.56. The number of hydrogen-bond acceptors (Lipinski definition) is 3. The summed E-state index contributed by atoms with van der Waals surface area (Å²) in [5, 5.41) is 9.47. The molecule has 1 unspecified atom stereocenters. The molecule has 0 fully saturated rings. The van der Waals surface area contributed by atoms with Gasteiger partial charge in [0.25, 0.3) is 0 Å². The molecular weight excluding hydrogens is 326 g/mol. The Hall–Kier alpha value is -1.56. The van der Waals surface area contributed by atoms with E-state index in [0.717, 1.165) is 0 Å². The molecule has 5 nitrogen and oxygen atoms in total. The van der Waals surface area contributed by atoms with Crippen LogP contribution in [0.25, 0.3) is 0 Å². The van der Waals surface area contributed by atoms with Gasteiger partial charge in [0.05, 0.1) is 11.6 Å². The second-order valence-electron chi connectivity index (χ2n) is 4.65. The second-order valence-corrected chi connectivity index (χ2v) is 5.51. The van der Waals surface area contributed by atoms with Crippen molar-refractivity contribution in [3.05, 3.63) is 28.2 Å². The van der Waals surface area contributed by atoms with Crippen LogP contribution >= 0.6 is 15.9 Å². The van der Waals surface area contributed by atoms with Gasteiger partial charge in [0, 0.05) is 13.0 Å². The van der Waals surface area contributed by atoms with E-state index in [-0.39, 0.29) is 11.9 Å². The minimum absolute atomic E-state index is 0.213. The molecule has 0 saturated heterocycles. The third-order valence-electron chi connectivity index (χ3n) is 2.92. The summed E-state index contributed by atoms with van der Waals surface area (Å²) in [4.78, 5) is 24.7. The first-order chi connectivity index (χ1) is 9.29. The monoisotopic (exact) mass is 343 g/mol. The Morgan fingerprint density at radius 3 is 2.30 bits per heavy atom. The summed E-state index contributed by atoms with van der Waals surface area (Å²) in [6.45, 7) is 4.94. The molecule has 20 heavy (non-hydrogen) atoms. The van der Waals surface area contributed by atoms with Gasteiger partial charge in [0.1, 0.15) is 5.75 Å². The van der Waals surface area contributed by atoms with Crippen LogP contribution in [0, 0.1) is 0 Å². The summed E-state index contributed by atoms with van der Waals surface area (Å²) in [5.41, 5.74) is 0.522. The summed E-state index contributed by atoms with van der Waals surface area (Å²) in [6, 6.07) is 3.76. The molecule has 0 heterocycles. The maximum Gasteiger partial charge on any atom is 0.331 e. The molecule has 1 rings (SSSR count). The van der Waals surface area contributed by atoms with Gasteiger partial charge in [-0.15, -0.1) is 0 Å². The maximum absolute atomic E-state index is 11.7. The predicted octanol–water partition coefficient (Wildman–Crippen LogP) is 2.84. The van der Waals surface area contributed by atoms with Crippen molar-refractivity contribution in [2.75, 3.05) is 7.11 Å². The van der Waals surface area contributed by atoms with Crippen LogP contribution in [0.15, 0.2) is 22.7 Å². The van der Waals surface area contributed by atoms with Crippen molar-refractivity contribution in [2.24, 2.45) is 0 Å². The lowest BCUT2D eigenvalue weighted by molar-refractivity contribution is -0.151. The first-order valence-electron chi connectivity index (χ1n) is 6.14. The molecule has 1 aromatic carbocycles. The molecular formula is C14H18BrNO4. The summed E-state index contributed by atoms with van der Waals surface area (Å²) in [6.07, 6.45) is 0. The fourth-order valence-corrected chi connectivity index (χ4v) is 2.68. The number of carbonyl (C=O) groups excluding carboxylic acids is 1. The molecule has 0 radical (unpaired) electrons. The summed E-state index contributed by atoms with van der Waals surface area (Å²) in [7, 11) is 1.53. The van der Waals surface area contributed by atoms with Crippen LogP contribution in [0.4, 0.5) is 0 Å². The van der Waals surface area contributed by atoms with Gasteiger partial charge in [-0.3, -0.25) is 4.79 Å². The number of carbonyl (C=O) groups is 2. The fraction of sp³-hybridized carbons (Fsp3) is 0.429. The van der Waals surface area contributed by atoms with Crippen molar-refractivity contribution >= 4 is 27.8 Å². The average Bonchev–Trinajstić information content (AvgIpc) is 2.34. The van der Waals surface area contributed by atoms with Gasteiger partial charge < -0.3 is 14.7 Å². The van der Waals surface area contributed by atoms with Crippen molar-refractivity contribution in [3.63, 3.8) is 0 Å². The molecule has 0 aliphatic carbocycles. The van der Waals surface area contributed by atoms with E-state index in [4.69, 9.17) is 4.74 Å². The van der Waals surface area contributed by atoms with Crippen LogP contribution in [0.2, 0.25) is 0 Å². The van der Waals surface area contributed by atoms with Crippen molar-refractivity contribution in [1.82, 2.24) is 4.90 Å². The van der Waals surface area contributed by atoms with Crippen LogP contribution in [-0.2, 0) is 9.59 Å². The van der Waals surface area contributed by atoms with Crippen molar-refractivity contribution in [2.45, 2.75) is 32.9 Å². The minimum Gasteiger partial charge on any atom is -0.496 e. The van der Waals surface area contributed by atoms with E-state index in [9.17, 15) is 14.7 Å². The third kappa shape index (κ3) is 3.50. The second kappa shape index (κ2) is 6.74. The van der Waals surface area contributed by atoms with E-state index in [2.05, 4.69) is 15.9 Å². The molecule has 1 amide bonds. The predicted molar refractivity (Wildman–Crippen MR) is 78.7 cm³/mol. The Labute approximate surface area is 126 Å². The van der Waals surface area contributed by atoms with E-state index in [1.54, 1.807) is 32.0 Å². The Morgan fingerprint density at radius 1 is 1.35 bits per heavy atom. The van der Waals surface area contributed by atoms with Crippen LogP contribution in [0.3, 0.4) is 0 Å². The molecule has 0 aromatic heterocycles. The number of carboxylic acid groups (broad SMARTS) is 1. The van der Waals surface area contributed by atoms with Gasteiger partial charge in [0.15, 0.2) is 6.04 Å². The van der Waals surface area contributed by atoms with Crippen molar-refractivity contribution in [3.8, 4) is 5.75 Å². The zero-order valence-corrected chi connectivity index (χ0v) is 13.5. The van der Waals surface area contributed by atoms with Gasteiger partial charge >= 0.3 is 5.97 Å². The summed E-state index contributed by atoms with van der Waals surface area (Å²) < 4.78 is 5.77. The average molecular weight is 344 g/mol. The summed E-state index contributed by atoms with van der Waals surface area (Å²) >= 11 is 3.33. The molecule has 6 heteroatoms. The third-order valence-corrected chi connectivity index (χ3v) is 3.54. The molecule has 0 aliphatic rings. The highest BCUT2D eigenvalue weighted by molar-refractivity contribution is 9.10. The first kappa shape index (κ1) is 16.5. The number of halogens is 1. The van der Waals surface area contributed by atoms with E-state index < -0.39 is 12.0 Å². The number of nitrogens with zero attached hydrogens (tertiary/aromatic N) is 1. The number of benzene rings is 1. The lowest BCUT2D eigenvalue weighted by Crippen LogP contribution is -2.42. The molecule has 0 bridgehead atoms. The van der Waals surface area contributed by atoms with Crippen LogP contribution in [-0.4, -0.2) is 35.0 Å². The van der Waals surface area contributed by atoms with Crippen molar-refractivity contribution in [1.29, 1.82) is 0 Å². The molecule has 0 aliphatic heterocycles. The van der Waals surface area contributed by atoms with Gasteiger partial charge in [0.2, 0.25) is 5.91 Å². The highest BCUT2D eigenvalue weighted by Gasteiger charge is 2.31. The number of carboxylic acids is 1. The molecule has 110 valence electrons.